The van der Waals surface area contributed by atoms with E-state index in [4.69, 9.17) is 11.5 Å². The van der Waals surface area contributed by atoms with Gasteiger partial charge in [0.05, 0.1) is 48.1 Å². The largest absolute Gasteiger partial charge is 0.416 e. The SMILES string of the molecule is CC(C)N(Cc1ccc(C(F)(F)F)cc1)c1ncnc2c1ccn2CC1CCN(CC(N)=O)CC1O.NC(=O)CN1CCC(Cn2cnc3c(N(Cc4ccc(C(F)(F)F)cc4)C4CC4)ncnc32)C(O)C1. The Bertz CT molecular complexity index is 2620. The van der Waals surface area contributed by atoms with E-state index in [2.05, 4.69) is 29.8 Å². The molecule has 4 atom stereocenters. The molecule has 3 aliphatic rings. The molecule has 2 aliphatic heterocycles. The minimum atomic E-state index is -4.37. The average Bonchev–Trinajstić information content (AvgIpc) is 3.96. The highest BCUT2D eigenvalue weighted by atomic mass is 19.4. The number of rotatable bonds is 16. The van der Waals surface area contributed by atoms with Crippen LogP contribution in [0.15, 0.2) is 79.8 Å². The normalized spacial score (nSPS) is 20.2. The number of nitrogens with zero attached hydrogens (tertiary/aromatic N) is 11. The lowest BCUT2D eigenvalue weighted by molar-refractivity contribution is -0.138. The number of aliphatic hydroxyl groups is 2. The van der Waals surface area contributed by atoms with Crippen molar-refractivity contribution in [2.24, 2.45) is 23.3 Å². The van der Waals surface area contributed by atoms with Gasteiger partial charge in [-0.3, -0.25) is 19.4 Å². The molecule has 2 amide bonds. The number of amides is 2. The second kappa shape index (κ2) is 21.7. The number of nitrogens with two attached hydrogens (primary N) is 2. The number of alkyl halides is 6. The lowest BCUT2D eigenvalue weighted by Crippen LogP contribution is -2.47. The van der Waals surface area contributed by atoms with Gasteiger partial charge in [-0.15, -0.1) is 0 Å². The third kappa shape index (κ3) is 12.6. The Kier molecular flexibility index (Phi) is 15.7. The number of halogens is 6. The van der Waals surface area contributed by atoms with Gasteiger partial charge in [-0.05, 0) is 94.1 Å². The number of aromatic nitrogens is 7. The third-order valence-electron chi connectivity index (χ3n) is 13.6. The van der Waals surface area contributed by atoms with E-state index in [0.717, 1.165) is 65.7 Å². The van der Waals surface area contributed by atoms with Crippen LogP contribution >= 0.6 is 0 Å². The van der Waals surface area contributed by atoms with Crippen LogP contribution in [0.25, 0.3) is 22.2 Å². The molecule has 1 saturated carbocycles. The molecule has 6 heterocycles. The second-order valence-corrected chi connectivity index (χ2v) is 19.3. The van der Waals surface area contributed by atoms with Crippen molar-refractivity contribution >= 4 is 45.6 Å². The van der Waals surface area contributed by atoms with Gasteiger partial charge in [0.2, 0.25) is 11.8 Å². The topological polar surface area (TPSA) is 214 Å². The van der Waals surface area contributed by atoms with E-state index in [1.54, 1.807) is 6.33 Å². The van der Waals surface area contributed by atoms with Crippen molar-refractivity contribution in [1.29, 1.82) is 0 Å². The Morgan fingerprint density at radius 1 is 0.667 bits per heavy atom. The highest BCUT2D eigenvalue weighted by Gasteiger charge is 2.35. The summed E-state index contributed by atoms with van der Waals surface area (Å²) in [5, 5.41) is 22.1. The predicted octanol–water partition coefficient (Wildman–Crippen LogP) is 5.22. The molecule has 0 bridgehead atoms. The number of imidazole rings is 1. The molecule has 6 N–H and O–H groups in total. The molecule has 4 unspecified atom stereocenters. The van der Waals surface area contributed by atoms with Gasteiger partial charge in [-0.25, -0.2) is 24.9 Å². The molecule has 6 aromatic rings. The van der Waals surface area contributed by atoms with Crippen LogP contribution < -0.4 is 21.3 Å². The van der Waals surface area contributed by atoms with Crippen molar-refractivity contribution in [3.8, 4) is 0 Å². The van der Waals surface area contributed by atoms with E-state index in [0.29, 0.717) is 81.6 Å². The minimum Gasteiger partial charge on any atom is -0.391 e. The summed E-state index contributed by atoms with van der Waals surface area (Å²) in [6.45, 7) is 8.27. The Balaban J connectivity index is 0.000000193. The number of carbonyl (C=O) groups is 2. The monoisotopic (exact) mass is 1010 g/mol. The molecule has 2 aromatic carbocycles. The Hall–Kier alpha value is -6.43. The molecule has 386 valence electrons. The van der Waals surface area contributed by atoms with E-state index < -0.39 is 47.5 Å². The molecule has 0 radical (unpaired) electrons. The first-order valence-corrected chi connectivity index (χ1v) is 23.9. The van der Waals surface area contributed by atoms with Crippen molar-refractivity contribution in [3.63, 3.8) is 0 Å². The second-order valence-electron chi connectivity index (χ2n) is 19.3. The van der Waals surface area contributed by atoms with Crippen molar-refractivity contribution in [3.05, 3.63) is 102 Å². The zero-order chi connectivity index (χ0) is 51.5. The van der Waals surface area contributed by atoms with Crippen LogP contribution in [0.4, 0.5) is 38.0 Å². The van der Waals surface area contributed by atoms with Crippen LogP contribution in [0.3, 0.4) is 0 Å². The fourth-order valence-electron chi connectivity index (χ4n) is 9.59. The summed E-state index contributed by atoms with van der Waals surface area (Å²) >= 11 is 0. The maximum atomic E-state index is 12.9. The number of fused-ring (bicyclic) bond motifs is 2. The van der Waals surface area contributed by atoms with Gasteiger partial charge in [0.25, 0.3) is 0 Å². The smallest absolute Gasteiger partial charge is 0.391 e. The minimum absolute atomic E-state index is 0.00325. The van der Waals surface area contributed by atoms with E-state index in [9.17, 15) is 46.1 Å². The zero-order valence-corrected chi connectivity index (χ0v) is 39.9. The van der Waals surface area contributed by atoms with Gasteiger partial charge in [-0.2, -0.15) is 26.3 Å². The summed E-state index contributed by atoms with van der Waals surface area (Å²) in [5.74, 6) is 0.492. The fourth-order valence-corrected chi connectivity index (χ4v) is 9.59. The molecule has 23 heteroatoms. The average molecular weight is 1010 g/mol. The molecule has 4 aromatic heterocycles. The van der Waals surface area contributed by atoms with Crippen LogP contribution in [0.5, 0.6) is 0 Å². The number of carbonyl (C=O) groups excluding carboxylic acids is 2. The number of aliphatic hydroxyl groups excluding tert-OH is 2. The number of primary amides is 2. The number of benzene rings is 2. The standard InChI is InChI=1S/C25H31F3N6O2.C24H28F3N7O2/c1-16(2)34(11-17-3-5-19(6-4-17)25(26,27)28)24-20-8-10-33(23(20)30-15-31-24)12-18-7-9-32(13-21(18)35)14-22(29)36;25-24(26,27)17-3-1-15(2-4-17)9-34(18-5-6-18)23-21-22(29-13-30-23)33(14-31-21)10-16-7-8-32(11-19(16)35)12-20(28)36/h3-6,8,10,15-16,18,21,35H,7,9,11-14H2,1-2H3,(H2,29,36);1-4,13-14,16,18-19,35H,5-12H2,(H2,28,36). The van der Waals surface area contributed by atoms with Crippen molar-refractivity contribution < 1.29 is 46.1 Å². The van der Waals surface area contributed by atoms with E-state index in [1.165, 1.54) is 36.9 Å². The lowest BCUT2D eigenvalue weighted by Gasteiger charge is -2.35. The van der Waals surface area contributed by atoms with Gasteiger partial charge in [-0.1, -0.05) is 24.3 Å². The van der Waals surface area contributed by atoms with E-state index >= 15 is 0 Å². The maximum absolute atomic E-state index is 12.9. The number of β-amino-alcohol motifs (C(OH)–C–C–N with tert-alkyl or cyclic N) is 2. The summed E-state index contributed by atoms with van der Waals surface area (Å²) < 4.78 is 81.6. The number of anilines is 2. The molecule has 0 spiro atoms. The van der Waals surface area contributed by atoms with Crippen molar-refractivity contribution in [1.82, 2.24) is 43.9 Å². The van der Waals surface area contributed by atoms with Gasteiger partial charge in [0, 0.05) is 69.4 Å². The maximum Gasteiger partial charge on any atom is 0.416 e. The molecule has 3 fully saturated rings. The Morgan fingerprint density at radius 2 is 1.17 bits per heavy atom. The lowest BCUT2D eigenvalue weighted by atomic mass is 9.93. The fraction of sp³-hybridized carbons (Fsp3) is 0.490. The van der Waals surface area contributed by atoms with Crippen molar-refractivity contribution in [2.75, 3.05) is 49.1 Å². The highest BCUT2D eigenvalue weighted by Crippen LogP contribution is 2.37. The molecule has 17 nitrogen and oxygen atoms in total. The number of hydrogen-bond acceptors (Lipinski definition) is 13. The summed E-state index contributed by atoms with van der Waals surface area (Å²) in [6, 6.07) is 12.6. The van der Waals surface area contributed by atoms with Crippen LogP contribution in [0.2, 0.25) is 0 Å². The summed E-state index contributed by atoms with van der Waals surface area (Å²) in [7, 11) is 0. The van der Waals surface area contributed by atoms with Crippen LogP contribution in [-0.2, 0) is 48.1 Å². The molecular weight excluding hydrogens is 949 g/mol. The first-order chi connectivity index (χ1) is 34.2. The summed E-state index contributed by atoms with van der Waals surface area (Å²) in [4.78, 5) is 52.7. The Labute approximate surface area is 411 Å². The molecule has 72 heavy (non-hydrogen) atoms. The van der Waals surface area contributed by atoms with E-state index in [-0.39, 0.29) is 37.0 Å². The number of hydrogen-bond donors (Lipinski definition) is 4. The number of piperidine rings is 2. The highest BCUT2D eigenvalue weighted by molar-refractivity contribution is 5.88. The summed E-state index contributed by atoms with van der Waals surface area (Å²) in [6.07, 6.45) is 0.0000995. The van der Waals surface area contributed by atoms with Gasteiger partial charge >= 0.3 is 12.4 Å². The summed E-state index contributed by atoms with van der Waals surface area (Å²) in [5.41, 5.74) is 12.7. The van der Waals surface area contributed by atoms with Crippen LogP contribution in [-0.4, -0.2) is 129 Å². The number of likely N-dealkylation sites (tertiary alicyclic amines) is 2. The molecular formula is C49H59F6N13O4. The van der Waals surface area contributed by atoms with Gasteiger partial charge in [0.1, 0.15) is 24.1 Å². The quantitative estimate of drug-likeness (QED) is 0.0918. The Morgan fingerprint density at radius 3 is 1.65 bits per heavy atom. The van der Waals surface area contributed by atoms with E-state index in [1.807, 2.05) is 49.9 Å². The van der Waals surface area contributed by atoms with Gasteiger partial charge in [0.15, 0.2) is 17.0 Å². The van der Waals surface area contributed by atoms with Crippen molar-refractivity contribution in [2.45, 2.75) is 102 Å². The van der Waals surface area contributed by atoms with Crippen LogP contribution in [0, 0.1) is 11.8 Å². The molecule has 2 saturated heterocycles. The first-order valence-electron chi connectivity index (χ1n) is 23.9. The zero-order valence-electron chi connectivity index (χ0n) is 39.9. The first kappa shape index (κ1) is 51.9. The third-order valence-corrected chi connectivity index (χ3v) is 13.6. The molecule has 1 aliphatic carbocycles. The van der Waals surface area contributed by atoms with Gasteiger partial charge < -0.3 is 40.6 Å². The molecule has 9 rings (SSSR count). The van der Waals surface area contributed by atoms with Crippen LogP contribution in [0.1, 0.15) is 61.8 Å². The predicted molar refractivity (Wildman–Crippen MR) is 256 cm³/mol.